The van der Waals surface area contributed by atoms with Gasteiger partial charge < -0.3 is 24.8 Å². The Bertz CT molecular complexity index is 1400. The monoisotopic (exact) mass is 609 g/mol. The van der Waals surface area contributed by atoms with E-state index >= 15 is 0 Å². The Morgan fingerprint density at radius 1 is 1.21 bits per heavy atom. The van der Waals surface area contributed by atoms with Crippen LogP contribution in [0.3, 0.4) is 0 Å². The smallest absolute Gasteiger partial charge is 0.303 e. The summed E-state index contributed by atoms with van der Waals surface area (Å²) in [4.78, 5) is 27.0. The molecule has 1 fully saturated rings. The molecule has 2 aromatic carbocycles. The van der Waals surface area contributed by atoms with E-state index in [1.807, 2.05) is 36.9 Å². The maximum Gasteiger partial charge on any atom is 0.303 e. The molecule has 1 heterocycles. The van der Waals surface area contributed by atoms with Gasteiger partial charge in [0.15, 0.2) is 0 Å². The molecule has 0 bridgehead atoms. The molecule has 1 aliphatic carbocycles. The fourth-order valence-corrected chi connectivity index (χ4v) is 7.56. The molecule has 0 saturated heterocycles. The van der Waals surface area contributed by atoms with Gasteiger partial charge in [0.1, 0.15) is 17.9 Å². The molecule has 8 nitrogen and oxygen atoms in total. The van der Waals surface area contributed by atoms with Crippen LogP contribution in [0.5, 0.6) is 5.75 Å². The van der Waals surface area contributed by atoms with Crippen LogP contribution in [0.15, 0.2) is 36.4 Å². The number of carbonyl (C=O) groups excluding carboxylic acids is 1. The zero-order valence-electron chi connectivity index (χ0n) is 26.3. The molecule has 1 atom stereocenters. The van der Waals surface area contributed by atoms with Gasteiger partial charge in [0, 0.05) is 46.8 Å². The number of carboxylic acids is 1. The van der Waals surface area contributed by atoms with Gasteiger partial charge in [0.2, 0.25) is 0 Å². The number of fused-ring (bicyclic) bond motifs is 1. The lowest BCUT2D eigenvalue weighted by Gasteiger charge is -2.65. The molecule has 1 unspecified atom stereocenters. The third kappa shape index (κ3) is 6.78. The van der Waals surface area contributed by atoms with E-state index in [1.165, 1.54) is 0 Å². The number of benzene rings is 2. The summed E-state index contributed by atoms with van der Waals surface area (Å²) in [7, 11) is 0. The molecule has 2 aromatic rings. The highest BCUT2D eigenvalue weighted by molar-refractivity contribution is 6.31. The van der Waals surface area contributed by atoms with Gasteiger partial charge in [-0.1, -0.05) is 72.6 Å². The molecule has 1 amide bonds. The van der Waals surface area contributed by atoms with E-state index in [4.69, 9.17) is 26.2 Å². The Balaban J connectivity index is 1.44. The molecule has 232 valence electrons. The van der Waals surface area contributed by atoms with Crippen LogP contribution >= 0.6 is 11.6 Å². The van der Waals surface area contributed by atoms with Crippen LogP contribution in [0.1, 0.15) is 89.2 Å². The van der Waals surface area contributed by atoms with Gasteiger partial charge in [-0.2, -0.15) is 5.26 Å². The average molecular weight is 610 g/mol. The Hall–Kier alpha value is -3.28. The van der Waals surface area contributed by atoms with Gasteiger partial charge in [-0.05, 0) is 41.7 Å². The van der Waals surface area contributed by atoms with E-state index in [1.54, 1.807) is 18.2 Å². The minimum atomic E-state index is -0.832. The van der Waals surface area contributed by atoms with Crippen molar-refractivity contribution < 1.29 is 24.2 Å². The number of nitrogens with one attached hydrogen (secondary N) is 1. The van der Waals surface area contributed by atoms with Crippen molar-refractivity contribution in [2.24, 2.45) is 16.2 Å². The standard InChI is InChI=1S/C34H44ClN3O5/c1-8-9-24(19-42-20-32(2,3)16-28(39)40)37-23-12-10-22-18-38(29(41)26(22)14-23)30-33(4,5)31(34(30,6)7)43-25-13-11-21(17-36)27(35)15-25/h10-15,24,30-31,37H,8-9,16,18-20H2,1-7H3,(H,39,40)/t24?,30-,31-. The first-order chi connectivity index (χ1) is 20.1. The molecule has 43 heavy (non-hydrogen) atoms. The number of nitriles is 1. The molecular weight excluding hydrogens is 566 g/mol. The van der Waals surface area contributed by atoms with Crippen molar-refractivity contribution >= 4 is 29.2 Å². The number of amides is 1. The van der Waals surface area contributed by atoms with E-state index < -0.39 is 11.4 Å². The maximum atomic E-state index is 13.9. The number of rotatable bonds is 13. The summed E-state index contributed by atoms with van der Waals surface area (Å²) in [5.74, 6) is -0.207. The van der Waals surface area contributed by atoms with E-state index in [0.29, 0.717) is 41.7 Å². The minimum Gasteiger partial charge on any atom is -0.489 e. The highest BCUT2D eigenvalue weighted by Gasteiger charge is 2.67. The Morgan fingerprint density at radius 2 is 1.91 bits per heavy atom. The average Bonchev–Trinajstić information content (AvgIpc) is 3.20. The number of halogens is 1. The van der Waals surface area contributed by atoms with Gasteiger partial charge in [0.25, 0.3) is 5.91 Å². The number of hydrogen-bond donors (Lipinski definition) is 2. The lowest BCUT2D eigenvalue weighted by molar-refractivity contribution is -0.199. The van der Waals surface area contributed by atoms with E-state index in [0.717, 1.165) is 24.1 Å². The third-order valence-corrected chi connectivity index (χ3v) is 9.09. The maximum absolute atomic E-state index is 13.9. The van der Waals surface area contributed by atoms with Crippen LogP contribution in [-0.4, -0.2) is 53.3 Å². The topological polar surface area (TPSA) is 112 Å². The normalized spacial score (nSPS) is 21.0. The lowest BCUT2D eigenvalue weighted by atomic mass is 9.49. The van der Waals surface area contributed by atoms with Gasteiger partial charge in [-0.3, -0.25) is 9.59 Å². The lowest BCUT2D eigenvalue weighted by Crippen LogP contribution is -2.74. The SMILES string of the molecule is CCCC(COCC(C)(C)CC(=O)O)Nc1ccc2c(c1)C(=O)N([C@H]1C(C)(C)[C@H](Oc3ccc(C#N)c(Cl)c3)C1(C)C)C2. The number of anilines is 1. The number of ether oxygens (including phenoxy) is 2. The summed E-state index contributed by atoms with van der Waals surface area (Å²) >= 11 is 6.25. The largest absolute Gasteiger partial charge is 0.489 e. The summed E-state index contributed by atoms with van der Waals surface area (Å²) in [5.41, 5.74) is 1.87. The second kappa shape index (κ2) is 12.4. The molecule has 1 saturated carbocycles. The number of carbonyl (C=O) groups is 2. The van der Waals surface area contributed by atoms with Gasteiger partial charge >= 0.3 is 5.97 Å². The van der Waals surface area contributed by atoms with Crippen molar-refractivity contribution in [2.45, 2.75) is 92.5 Å². The van der Waals surface area contributed by atoms with Crippen molar-refractivity contribution in [1.29, 1.82) is 5.26 Å². The molecular formula is C34H44ClN3O5. The van der Waals surface area contributed by atoms with Crippen LogP contribution in [0.4, 0.5) is 5.69 Å². The van der Waals surface area contributed by atoms with Crippen molar-refractivity contribution in [3.8, 4) is 11.8 Å². The summed E-state index contributed by atoms with van der Waals surface area (Å²) in [6.45, 7) is 15.8. The van der Waals surface area contributed by atoms with Crippen molar-refractivity contribution in [2.75, 3.05) is 18.5 Å². The summed E-state index contributed by atoms with van der Waals surface area (Å²) in [6, 6.07) is 13.2. The molecule has 0 aromatic heterocycles. The van der Waals surface area contributed by atoms with E-state index in [9.17, 15) is 14.9 Å². The second-order valence-corrected chi connectivity index (χ2v) is 14.4. The van der Waals surface area contributed by atoms with Crippen molar-refractivity contribution in [3.05, 3.63) is 58.1 Å². The van der Waals surface area contributed by atoms with Crippen LogP contribution in [0, 0.1) is 27.6 Å². The number of hydrogen-bond acceptors (Lipinski definition) is 6. The Kier molecular flexibility index (Phi) is 9.39. The van der Waals surface area contributed by atoms with Crippen LogP contribution in [0.25, 0.3) is 0 Å². The minimum absolute atomic E-state index is 0.0170. The summed E-state index contributed by atoms with van der Waals surface area (Å²) in [6.07, 6.45) is 1.72. The molecule has 2 aliphatic rings. The van der Waals surface area contributed by atoms with Gasteiger partial charge in [0.05, 0.1) is 30.2 Å². The fraction of sp³-hybridized carbons (Fsp3) is 0.559. The second-order valence-electron chi connectivity index (χ2n) is 14.0. The van der Waals surface area contributed by atoms with Crippen molar-refractivity contribution in [3.63, 3.8) is 0 Å². The number of nitrogens with zero attached hydrogens (tertiary/aromatic N) is 2. The zero-order chi connectivity index (χ0) is 31.7. The fourth-order valence-electron chi connectivity index (χ4n) is 7.35. The predicted molar refractivity (Wildman–Crippen MR) is 167 cm³/mol. The Labute approximate surface area is 260 Å². The van der Waals surface area contributed by atoms with Crippen LogP contribution in [-0.2, 0) is 16.1 Å². The van der Waals surface area contributed by atoms with Crippen LogP contribution < -0.4 is 10.1 Å². The van der Waals surface area contributed by atoms with E-state index in [-0.39, 0.29) is 41.3 Å². The van der Waals surface area contributed by atoms with Crippen LogP contribution in [0.2, 0.25) is 5.02 Å². The number of aliphatic carboxylic acids is 1. The molecule has 0 radical (unpaired) electrons. The highest BCUT2D eigenvalue weighted by atomic mass is 35.5. The van der Waals surface area contributed by atoms with Gasteiger partial charge in [-0.15, -0.1) is 0 Å². The van der Waals surface area contributed by atoms with Crippen molar-refractivity contribution in [1.82, 2.24) is 4.90 Å². The third-order valence-electron chi connectivity index (χ3n) is 8.78. The quantitative estimate of drug-likeness (QED) is 0.248. The molecule has 2 N–H and O–H groups in total. The first kappa shape index (κ1) is 32.6. The number of carboxylic acid groups (broad SMARTS) is 1. The summed E-state index contributed by atoms with van der Waals surface area (Å²) < 4.78 is 12.4. The Morgan fingerprint density at radius 3 is 2.51 bits per heavy atom. The van der Waals surface area contributed by atoms with Gasteiger partial charge in [-0.25, -0.2) is 0 Å². The van der Waals surface area contributed by atoms with E-state index in [2.05, 4.69) is 46.0 Å². The molecule has 4 rings (SSSR count). The first-order valence-electron chi connectivity index (χ1n) is 15.0. The predicted octanol–water partition coefficient (Wildman–Crippen LogP) is 7.15. The first-order valence-corrected chi connectivity index (χ1v) is 15.3. The summed E-state index contributed by atoms with van der Waals surface area (Å²) in [5, 5.41) is 22.2. The molecule has 9 heteroatoms. The molecule has 1 aliphatic heterocycles. The zero-order valence-corrected chi connectivity index (χ0v) is 27.0. The molecule has 0 spiro atoms. The highest BCUT2D eigenvalue weighted by Crippen LogP contribution is 2.59.